The first kappa shape index (κ1) is 16.1. The predicted octanol–water partition coefficient (Wildman–Crippen LogP) is 2.47. The van der Waals surface area contributed by atoms with Gasteiger partial charge >= 0.3 is 0 Å². The molecule has 2 aromatic carbocycles. The summed E-state index contributed by atoms with van der Waals surface area (Å²) in [6.45, 7) is -0.502. The molecule has 22 heavy (non-hydrogen) atoms. The van der Waals surface area contributed by atoms with Crippen LogP contribution in [-0.4, -0.2) is 18.1 Å². The van der Waals surface area contributed by atoms with Gasteiger partial charge in [-0.1, -0.05) is 48.5 Å². The van der Waals surface area contributed by atoms with Crippen LogP contribution in [0.25, 0.3) is 0 Å². The Morgan fingerprint density at radius 2 is 1.77 bits per heavy atom. The molecule has 0 spiro atoms. The number of hydrogen-bond donors (Lipinski definition) is 1. The molecule has 0 saturated heterocycles. The van der Waals surface area contributed by atoms with Gasteiger partial charge in [0, 0.05) is 10.5 Å². The molecule has 0 radical (unpaired) electrons. The Balaban J connectivity index is 2.12. The average molecular weight is 304 g/mol. The lowest BCUT2D eigenvalue weighted by Gasteiger charge is -2.26. The molecule has 0 amide bonds. The fourth-order valence-corrected chi connectivity index (χ4v) is 2.23. The van der Waals surface area contributed by atoms with Crippen molar-refractivity contribution in [2.75, 3.05) is 13.2 Å². The highest BCUT2D eigenvalue weighted by atomic mass is 19.1. The number of halogens is 1. The van der Waals surface area contributed by atoms with Crippen LogP contribution in [0.5, 0.6) is 0 Å². The van der Waals surface area contributed by atoms with Crippen molar-refractivity contribution in [2.45, 2.75) is 12.1 Å². The van der Waals surface area contributed by atoms with Crippen LogP contribution in [-0.2, 0) is 16.9 Å². The van der Waals surface area contributed by atoms with Gasteiger partial charge in [-0.15, -0.1) is 0 Å². The zero-order valence-electron chi connectivity index (χ0n) is 11.9. The van der Waals surface area contributed by atoms with Crippen LogP contribution in [0.3, 0.4) is 0 Å². The summed E-state index contributed by atoms with van der Waals surface area (Å²) >= 11 is 0. The van der Waals surface area contributed by atoms with Gasteiger partial charge in [-0.3, -0.25) is 10.1 Å². The van der Waals surface area contributed by atoms with Crippen LogP contribution in [0.15, 0.2) is 54.6 Å². The third-order valence-electron chi connectivity index (χ3n) is 3.29. The minimum absolute atomic E-state index is 0.0831. The van der Waals surface area contributed by atoms with Crippen LogP contribution >= 0.6 is 0 Å². The average Bonchev–Trinajstić information content (AvgIpc) is 2.48. The maximum absolute atomic E-state index is 13.9. The molecule has 0 heterocycles. The van der Waals surface area contributed by atoms with Crippen LogP contribution in [0.4, 0.5) is 4.39 Å². The van der Waals surface area contributed by atoms with Gasteiger partial charge < -0.3 is 10.5 Å². The van der Waals surface area contributed by atoms with Crippen molar-refractivity contribution in [2.24, 2.45) is 5.73 Å². The summed E-state index contributed by atoms with van der Waals surface area (Å²) in [5, 5.41) is 10.9. The number of nitrogens with zero attached hydrogens (tertiary/aromatic N) is 1. The summed E-state index contributed by atoms with van der Waals surface area (Å²) in [6.07, 6.45) is 0. The van der Waals surface area contributed by atoms with E-state index in [0.29, 0.717) is 0 Å². The minimum Gasteiger partial charge on any atom is -0.374 e. The van der Waals surface area contributed by atoms with E-state index in [1.165, 1.54) is 18.2 Å². The molecule has 0 bridgehead atoms. The first-order valence-electron chi connectivity index (χ1n) is 6.79. The number of benzene rings is 2. The Morgan fingerprint density at radius 3 is 2.41 bits per heavy atom. The Bertz CT molecular complexity index is 636. The minimum atomic E-state index is -1.51. The molecule has 0 fully saturated rings. The number of nitrogens with two attached hydrogens (primary N) is 1. The van der Waals surface area contributed by atoms with E-state index in [9.17, 15) is 14.5 Å². The van der Waals surface area contributed by atoms with Crippen molar-refractivity contribution in [1.29, 1.82) is 0 Å². The summed E-state index contributed by atoms with van der Waals surface area (Å²) in [7, 11) is 0. The van der Waals surface area contributed by atoms with E-state index >= 15 is 0 Å². The molecule has 2 N–H and O–H groups in total. The SMILES string of the molecule is NC(COCc1ccccc1)(C[N+](=O)[O-])c1ccccc1F. The maximum atomic E-state index is 13.9. The fourth-order valence-electron chi connectivity index (χ4n) is 2.23. The summed E-state index contributed by atoms with van der Waals surface area (Å²) in [6, 6.07) is 15.1. The van der Waals surface area contributed by atoms with Gasteiger partial charge in [-0.25, -0.2) is 4.39 Å². The maximum Gasteiger partial charge on any atom is 0.228 e. The zero-order chi connectivity index (χ0) is 16.0. The zero-order valence-corrected chi connectivity index (χ0v) is 11.9. The fraction of sp³-hybridized carbons (Fsp3) is 0.250. The molecular formula is C16H17FN2O3. The van der Waals surface area contributed by atoms with Gasteiger partial charge in [0.15, 0.2) is 0 Å². The predicted molar refractivity (Wildman–Crippen MR) is 80.2 cm³/mol. The van der Waals surface area contributed by atoms with E-state index in [1.54, 1.807) is 6.07 Å². The molecule has 5 nitrogen and oxygen atoms in total. The Labute approximate surface area is 127 Å². The van der Waals surface area contributed by atoms with Gasteiger partial charge in [-0.2, -0.15) is 0 Å². The molecule has 0 saturated carbocycles. The number of nitro groups is 1. The van der Waals surface area contributed by atoms with Crippen LogP contribution < -0.4 is 5.73 Å². The molecule has 1 unspecified atom stereocenters. The molecular weight excluding hydrogens is 287 g/mol. The van der Waals surface area contributed by atoms with E-state index in [-0.39, 0.29) is 18.8 Å². The Morgan fingerprint density at radius 1 is 1.14 bits per heavy atom. The molecule has 0 aliphatic carbocycles. The number of ether oxygens (including phenoxy) is 1. The van der Waals surface area contributed by atoms with E-state index in [0.717, 1.165) is 5.56 Å². The van der Waals surface area contributed by atoms with Crippen LogP contribution in [0, 0.1) is 15.9 Å². The second-order valence-corrected chi connectivity index (χ2v) is 5.11. The standard InChI is InChI=1S/C16H17FN2O3/c17-15-9-5-4-8-14(15)16(18,11-19(20)21)12-22-10-13-6-2-1-3-7-13/h1-9H,10-12,18H2. The summed E-state index contributed by atoms with van der Waals surface area (Å²) in [4.78, 5) is 10.3. The van der Waals surface area contributed by atoms with Crippen molar-refractivity contribution in [3.05, 3.63) is 81.7 Å². The lowest BCUT2D eigenvalue weighted by Crippen LogP contribution is -2.48. The van der Waals surface area contributed by atoms with Crippen molar-refractivity contribution in [1.82, 2.24) is 0 Å². The number of hydrogen-bond acceptors (Lipinski definition) is 4. The second kappa shape index (κ2) is 7.11. The third kappa shape index (κ3) is 4.09. The lowest BCUT2D eigenvalue weighted by atomic mass is 9.91. The number of rotatable bonds is 7. The third-order valence-corrected chi connectivity index (χ3v) is 3.29. The molecule has 2 rings (SSSR count). The smallest absolute Gasteiger partial charge is 0.228 e. The second-order valence-electron chi connectivity index (χ2n) is 5.11. The van der Waals surface area contributed by atoms with Gasteiger partial charge in [-0.05, 0) is 11.6 Å². The van der Waals surface area contributed by atoms with Crippen molar-refractivity contribution >= 4 is 0 Å². The summed E-state index contributed by atoms with van der Waals surface area (Å²) in [5.74, 6) is -0.574. The quantitative estimate of drug-likeness (QED) is 0.629. The van der Waals surface area contributed by atoms with E-state index in [4.69, 9.17) is 10.5 Å². The summed E-state index contributed by atoms with van der Waals surface area (Å²) < 4.78 is 19.4. The van der Waals surface area contributed by atoms with Gasteiger partial charge in [0.2, 0.25) is 6.54 Å². The van der Waals surface area contributed by atoms with E-state index in [2.05, 4.69) is 0 Å². The first-order chi connectivity index (χ1) is 10.5. The van der Waals surface area contributed by atoms with Crippen LogP contribution in [0.2, 0.25) is 0 Å². The summed E-state index contributed by atoms with van der Waals surface area (Å²) in [5.41, 5.74) is 5.57. The molecule has 0 aromatic heterocycles. The molecule has 6 heteroatoms. The lowest BCUT2D eigenvalue weighted by molar-refractivity contribution is -0.492. The molecule has 1 atom stereocenters. The molecule has 2 aromatic rings. The first-order valence-corrected chi connectivity index (χ1v) is 6.79. The topological polar surface area (TPSA) is 78.4 Å². The van der Waals surface area contributed by atoms with E-state index in [1.807, 2.05) is 30.3 Å². The highest BCUT2D eigenvalue weighted by Gasteiger charge is 2.36. The van der Waals surface area contributed by atoms with Crippen molar-refractivity contribution in [3.63, 3.8) is 0 Å². The van der Waals surface area contributed by atoms with Gasteiger partial charge in [0.1, 0.15) is 11.4 Å². The molecule has 0 aliphatic heterocycles. The van der Waals surface area contributed by atoms with Gasteiger partial charge in [0.25, 0.3) is 0 Å². The Hall–Kier alpha value is -2.31. The van der Waals surface area contributed by atoms with E-state index < -0.39 is 22.8 Å². The monoisotopic (exact) mass is 304 g/mol. The highest BCUT2D eigenvalue weighted by Crippen LogP contribution is 2.23. The van der Waals surface area contributed by atoms with Crippen molar-refractivity contribution in [3.8, 4) is 0 Å². The highest BCUT2D eigenvalue weighted by molar-refractivity contribution is 5.26. The largest absolute Gasteiger partial charge is 0.374 e. The molecule has 116 valence electrons. The normalized spacial score (nSPS) is 13.5. The van der Waals surface area contributed by atoms with Crippen molar-refractivity contribution < 1.29 is 14.1 Å². The molecule has 0 aliphatic rings. The Kier molecular flexibility index (Phi) is 5.19. The van der Waals surface area contributed by atoms with Crippen LogP contribution in [0.1, 0.15) is 11.1 Å². The van der Waals surface area contributed by atoms with Gasteiger partial charge in [0.05, 0.1) is 13.2 Å².